The summed E-state index contributed by atoms with van der Waals surface area (Å²) in [6.07, 6.45) is 0. The first-order valence-corrected chi connectivity index (χ1v) is 7.82. The molecule has 0 radical (unpaired) electrons. The van der Waals surface area contributed by atoms with Crippen LogP contribution in [0.1, 0.15) is 10.5 Å². The monoisotopic (exact) mass is 392 g/mol. The number of amides is 1. The summed E-state index contributed by atoms with van der Waals surface area (Å²) < 4.78 is 0.966. The Balaban J connectivity index is 2.04. The molecule has 0 unspecified atom stereocenters. The number of nitro groups is 1. The number of carbonyl (C=O) groups is 1. The van der Waals surface area contributed by atoms with E-state index in [9.17, 15) is 19.7 Å². The Labute approximate surface area is 156 Å². The molecule has 0 atom stereocenters. The van der Waals surface area contributed by atoms with Crippen LogP contribution in [0.5, 0.6) is 0 Å². The van der Waals surface area contributed by atoms with Gasteiger partial charge >= 0.3 is 0 Å². The molecule has 0 spiro atoms. The number of aromatic nitrogens is 2. The highest BCUT2D eigenvalue weighted by molar-refractivity contribution is 6.36. The second-order valence-corrected chi connectivity index (χ2v) is 5.82. The quantitative estimate of drug-likeness (QED) is 0.487. The van der Waals surface area contributed by atoms with Crippen LogP contribution < -0.4 is 21.9 Å². The van der Waals surface area contributed by atoms with Gasteiger partial charge in [-0.3, -0.25) is 30.0 Å². The van der Waals surface area contributed by atoms with E-state index in [1.807, 2.05) is 0 Å². The van der Waals surface area contributed by atoms with Crippen LogP contribution >= 0.6 is 11.6 Å². The average molecular weight is 393 g/mol. The number of hydrogen-bond donors (Lipinski definition) is 3. The number of halogens is 1. The number of rotatable bonds is 3. The smallest absolute Gasteiger partial charge is 0.280 e. The number of nitrogens with zero attached hydrogens (tertiary/aromatic N) is 5. The zero-order chi connectivity index (χ0) is 19.7. The Morgan fingerprint density at radius 3 is 2.52 bits per heavy atom. The molecule has 13 heteroatoms. The average Bonchev–Trinajstić information content (AvgIpc) is 3.03. The van der Waals surface area contributed by atoms with Crippen LogP contribution in [-0.4, -0.2) is 38.6 Å². The second-order valence-electron chi connectivity index (χ2n) is 5.44. The van der Waals surface area contributed by atoms with Crippen LogP contribution in [0.3, 0.4) is 0 Å². The van der Waals surface area contributed by atoms with Gasteiger partial charge < -0.3 is 0 Å². The number of nitro benzene ring substituents is 1. The Hall–Kier alpha value is -3.51. The lowest BCUT2D eigenvalue weighted by atomic mass is 10.1. The van der Waals surface area contributed by atoms with E-state index in [0.29, 0.717) is 5.56 Å². The summed E-state index contributed by atoms with van der Waals surface area (Å²) in [7, 11) is 2.98. The number of hydrazine groups is 2. The third-order valence-corrected chi connectivity index (χ3v) is 4.06. The summed E-state index contributed by atoms with van der Waals surface area (Å²) in [6.45, 7) is 0. The molecule has 2 heterocycles. The van der Waals surface area contributed by atoms with E-state index in [0.717, 1.165) is 4.68 Å². The minimum absolute atomic E-state index is 0.00665. The summed E-state index contributed by atoms with van der Waals surface area (Å²) in [4.78, 5) is 35.2. The molecule has 1 aliphatic rings. The molecule has 140 valence electrons. The van der Waals surface area contributed by atoms with E-state index in [-0.39, 0.29) is 27.9 Å². The molecule has 1 aromatic carbocycles. The highest BCUT2D eigenvalue weighted by atomic mass is 35.5. The third kappa shape index (κ3) is 3.43. The number of hydrogen-bond acceptors (Lipinski definition) is 9. The molecule has 0 saturated carbocycles. The maximum absolute atomic E-state index is 12.5. The summed E-state index contributed by atoms with van der Waals surface area (Å²) in [5.74, 6) is -0.515. The standard InChI is InChI=1S/C14H13ClN8O4/c1-21-13(25)9(7-3-5-8(6-4-7)23(26)27)10(15)11(18-21)12(24)16-14-17-19-20-22(14)2/h3-6,19-20H,1-2H3,(H,16,17,24). The van der Waals surface area contributed by atoms with Crippen molar-refractivity contribution in [3.8, 4) is 11.1 Å². The Bertz CT molecular complexity index is 1020. The lowest BCUT2D eigenvalue weighted by Gasteiger charge is -2.14. The fraction of sp³-hybridized carbons (Fsp3) is 0.143. The van der Waals surface area contributed by atoms with E-state index < -0.39 is 16.4 Å². The molecule has 0 saturated heterocycles. The number of carbonyl (C=O) groups excluding carboxylic acids is 1. The van der Waals surface area contributed by atoms with E-state index >= 15 is 0 Å². The van der Waals surface area contributed by atoms with Crippen LogP contribution in [0, 0.1) is 10.1 Å². The predicted molar refractivity (Wildman–Crippen MR) is 95.5 cm³/mol. The van der Waals surface area contributed by atoms with Crippen molar-refractivity contribution in [2.24, 2.45) is 12.1 Å². The van der Waals surface area contributed by atoms with Crippen molar-refractivity contribution in [1.29, 1.82) is 0 Å². The minimum atomic E-state index is -0.685. The Morgan fingerprint density at radius 1 is 1.30 bits per heavy atom. The van der Waals surface area contributed by atoms with Crippen molar-refractivity contribution in [2.45, 2.75) is 0 Å². The second kappa shape index (κ2) is 7.01. The van der Waals surface area contributed by atoms with E-state index in [2.05, 4.69) is 26.6 Å². The number of benzene rings is 1. The predicted octanol–water partition coefficient (Wildman–Crippen LogP) is -0.0357. The Morgan fingerprint density at radius 2 is 1.96 bits per heavy atom. The highest BCUT2D eigenvalue weighted by Gasteiger charge is 2.24. The maximum atomic E-state index is 12.5. The van der Waals surface area contributed by atoms with Crippen LogP contribution in [-0.2, 0) is 7.05 Å². The summed E-state index contributed by atoms with van der Waals surface area (Å²) in [5.41, 5.74) is 4.50. The molecular formula is C14H13ClN8O4. The van der Waals surface area contributed by atoms with Crippen LogP contribution in [0.2, 0.25) is 5.02 Å². The molecule has 3 rings (SSSR count). The summed E-state index contributed by atoms with van der Waals surface area (Å²) in [6, 6.07) is 5.24. The lowest BCUT2D eigenvalue weighted by Crippen LogP contribution is -2.45. The van der Waals surface area contributed by atoms with Crippen molar-refractivity contribution < 1.29 is 9.72 Å². The van der Waals surface area contributed by atoms with Gasteiger partial charge in [-0.1, -0.05) is 11.6 Å². The van der Waals surface area contributed by atoms with Gasteiger partial charge in [0.1, 0.15) is 0 Å². The van der Waals surface area contributed by atoms with Crippen molar-refractivity contribution in [3.05, 3.63) is 55.5 Å². The number of hydrazone groups is 1. The Kier molecular flexibility index (Phi) is 4.75. The van der Waals surface area contributed by atoms with Gasteiger partial charge in [-0.15, -0.1) is 10.6 Å². The van der Waals surface area contributed by atoms with Gasteiger partial charge in [-0.25, -0.2) is 10.2 Å². The topological polar surface area (TPSA) is 147 Å². The number of non-ortho nitro benzene ring substituents is 1. The summed E-state index contributed by atoms with van der Waals surface area (Å²) in [5, 5.41) is 22.2. The normalized spacial score (nSPS) is 13.1. The lowest BCUT2D eigenvalue weighted by molar-refractivity contribution is -0.384. The number of guanidine groups is 1. The largest absolute Gasteiger partial charge is 0.288 e. The van der Waals surface area contributed by atoms with Crippen molar-refractivity contribution >= 4 is 29.2 Å². The SMILES string of the molecule is CN1NNN=C1NC(=O)c1nn(C)c(=O)c(-c2ccc([N+](=O)[O-])cc2)c1Cl. The van der Waals surface area contributed by atoms with E-state index in [4.69, 9.17) is 11.6 Å². The van der Waals surface area contributed by atoms with E-state index in [1.165, 1.54) is 36.3 Å². The minimum Gasteiger partial charge on any atom is -0.288 e. The molecule has 12 nitrogen and oxygen atoms in total. The molecule has 2 aromatic rings. The first kappa shape index (κ1) is 18.3. The van der Waals surface area contributed by atoms with Crippen LogP contribution in [0.4, 0.5) is 5.69 Å². The van der Waals surface area contributed by atoms with Gasteiger partial charge in [0.25, 0.3) is 17.2 Å². The fourth-order valence-corrected chi connectivity index (χ4v) is 2.63. The van der Waals surface area contributed by atoms with Gasteiger partial charge in [0.05, 0.1) is 15.5 Å². The molecular weight excluding hydrogens is 380 g/mol. The van der Waals surface area contributed by atoms with Gasteiger partial charge in [-0.2, -0.15) is 5.10 Å². The molecule has 0 aliphatic carbocycles. The first-order valence-electron chi connectivity index (χ1n) is 7.44. The maximum Gasteiger partial charge on any atom is 0.280 e. The molecule has 1 amide bonds. The summed E-state index contributed by atoms with van der Waals surface area (Å²) >= 11 is 6.28. The van der Waals surface area contributed by atoms with Gasteiger partial charge in [-0.05, 0) is 17.7 Å². The van der Waals surface area contributed by atoms with Gasteiger partial charge in [0, 0.05) is 26.2 Å². The van der Waals surface area contributed by atoms with Crippen molar-refractivity contribution in [3.63, 3.8) is 0 Å². The molecule has 1 aromatic heterocycles. The number of aryl methyl sites for hydroxylation is 1. The molecule has 27 heavy (non-hydrogen) atoms. The third-order valence-electron chi connectivity index (χ3n) is 3.69. The zero-order valence-electron chi connectivity index (χ0n) is 14.1. The van der Waals surface area contributed by atoms with Crippen LogP contribution in [0.15, 0.2) is 34.2 Å². The van der Waals surface area contributed by atoms with Crippen molar-refractivity contribution in [2.75, 3.05) is 7.05 Å². The molecule has 1 aliphatic heterocycles. The van der Waals surface area contributed by atoms with E-state index in [1.54, 1.807) is 7.05 Å². The highest BCUT2D eigenvalue weighted by Crippen LogP contribution is 2.28. The molecule has 3 N–H and O–H groups in total. The fourth-order valence-electron chi connectivity index (χ4n) is 2.31. The zero-order valence-corrected chi connectivity index (χ0v) is 14.8. The molecule has 0 bridgehead atoms. The van der Waals surface area contributed by atoms with Crippen molar-refractivity contribution in [1.82, 2.24) is 31.2 Å². The van der Waals surface area contributed by atoms with Gasteiger partial charge in [0.2, 0.25) is 5.96 Å². The number of nitrogens with one attached hydrogen (secondary N) is 3. The molecule has 0 fully saturated rings. The van der Waals surface area contributed by atoms with Crippen LogP contribution in [0.25, 0.3) is 11.1 Å². The van der Waals surface area contributed by atoms with Gasteiger partial charge in [0.15, 0.2) is 5.69 Å². The first-order chi connectivity index (χ1) is 12.8.